The zero-order chi connectivity index (χ0) is 16.1. The van der Waals surface area contributed by atoms with Gasteiger partial charge in [0.2, 0.25) is 0 Å². The predicted octanol–water partition coefficient (Wildman–Crippen LogP) is 1.48. The highest BCUT2D eigenvalue weighted by molar-refractivity contribution is 5.98. The number of primary amides is 1. The van der Waals surface area contributed by atoms with Crippen molar-refractivity contribution in [2.75, 3.05) is 23.7 Å². The van der Waals surface area contributed by atoms with Gasteiger partial charge in [0, 0.05) is 31.0 Å². The van der Waals surface area contributed by atoms with E-state index in [1.54, 1.807) is 12.3 Å². The Kier molecular flexibility index (Phi) is 4.68. The van der Waals surface area contributed by atoms with Gasteiger partial charge in [-0.3, -0.25) is 4.79 Å². The van der Waals surface area contributed by atoms with Crippen molar-refractivity contribution >= 4 is 23.2 Å². The van der Waals surface area contributed by atoms with Crippen LogP contribution in [0.15, 0.2) is 36.7 Å². The first kappa shape index (κ1) is 15.2. The summed E-state index contributed by atoms with van der Waals surface area (Å²) in [5.41, 5.74) is 6.54. The van der Waals surface area contributed by atoms with Gasteiger partial charge in [-0.05, 0) is 31.5 Å². The number of carbonyl (C=O) groups is 1. The summed E-state index contributed by atoms with van der Waals surface area (Å²) in [6.07, 6.45) is 5.35. The first-order chi connectivity index (χ1) is 11.2. The van der Waals surface area contributed by atoms with Gasteiger partial charge in [0.15, 0.2) is 0 Å². The summed E-state index contributed by atoms with van der Waals surface area (Å²) in [6, 6.07) is 7.65. The van der Waals surface area contributed by atoms with E-state index in [9.17, 15) is 4.79 Å². The maximum absolute atomic E-state index is 11.6. The maximum atomic E-state index is 11.6. The smallest absolute Gasteiger partial charge is 0.252 e. The number of anilines is 3. The average Bonchev–Trinajstić information content (AvgIpc) is 2.57. The molecule has 1 fully saturated rings. The zero-order valence-corrected chi connectivity index (χ0v) is 12.7. The second-order valence-corrected chi connectivity index (χ2v) is 5.51. The Bertz CT molecular complexity index is 670. The van der Waals surface area contributed by atoms with E-state index < -0.39 is 5.91 Å². The van der Waals surface area contributed by atoms with Gasteiger partial charge in [0.1, 0.15) is 11.6 Å². The highest BCUT2D eigenvalue weighted by Gasteiger charge is 2.17. The van der Waals surface area contributed by atoms with Crippen LogP contribution in [-0.4, -0.2) is 35.0 Å². The van der Waals surface area contributed by atoms with E-state index in [1.165, 1.54) is 6.20 Å². The quantitative estimate of drug-likeness (QED) is 0.666. The Balaban J connectivity index is 1.82. The van der Waals surface area contributed by atoms with Crippen molar-refractivity contribution in [1.29, 1.82) is 0 Å². The minimum Gasteiger partial charge on any atom is -0.380 e. The minimum absolute atomic E-state index is 0.270. The van der Waals surface area contributed by atoms with Crippen molar-refractivity contribution < 1.29 is 4.79 Å². The van der Waals surface area contributed by atoms with E-state index in [0.29, 0.717) is 22.9 Å². The number of nitrogens with two attached hydrogens (primary N) is 1. The molecule has 1 aliphatic rings. The van der Waals surface area contributed by atoms with Crippen molar-refractivity contribution in [3.05, 3.63) is 42.2 Å². The van der Waals surface area contributed by atoms with Gasteiger partial charge in [-0.25, -0.2) is 9.97 Å². The van der Waals surface area contributed by atoms with Crippen LogP contribution in [0.4, 0.5) is 17.3 Å². The second kappa shape index (κ2) is 7.06. The Labute approximate surface area is 134 Å². The van der Waals surface area contributed by atoms with Gasteiger partial charge < -0.3 is 21.7 Å². The molecule has 0 bridgehead atoms. The highest BCUT2D eigenvalue weighted by Crippen LogP contribution is 2.22. The molecule has 1 amide bonds. The number of rotatable bonds is 5. The minimum atomic E-state index is -0.492. The number of aromatic nitrogens is 2. The van der Waals surface area contributed by atoms with E-state index in [4.69, 9.17) is 5.73 Å². The van der Waals surface area contributed by atoms with Gasteiger partial charge >= 0.3 is 0 Å². The van der Waals surface area contributed by atoms with E-state index in [0.717, 1.165) is 25.9 Å². The highest BCUT2D eigenvalue weighted by atomic mass is 16.1. The van der Waals surface area contributed by atoms with Crippen molar-refractivity contribution in [1.82, 2.24) is 15.3 Å². The molecule has 120 valence electrons. The molecule has 0 saturated carbocycles. The summed E-state index contributed by atoms with van der Waals surface area (Å²) in [7, 11) is 0. The largest absolute Gasteiger partial charge is 0.380 e. The van der Waals surface area contributed by atoms with Crippen LogP contribution in [0.1, 0.15) is 23.2 Å². The van der Waals surface area contributed by atoms with Gasteiger partial charge in [0.25, 0.3) is 5.91 Å². The number of nitrogens with one attached hydrogen (secondary N) is 3. The molecule has 3 heterocycles. The zero-order valence-electron chi connectivity index (χ0n) is 12.7. The summed E-state index contributed by atoms with van der Waals surface area (Å²) in [5.74, 6) is 0.810. The fourth-order valence-electron chi connectivity index (χ4n) is 2.60. The number of hydrogen-bond acceptors (Lipinski definition) is 6. The van der Waals surface area contributed by atoms with Crippen LogP contribution < -0.4 is 21.7 Å². The normalized spacial score (nSPS) is 17.5. The molecule has 1 aliphatic heterocycles. The molecule has 23 heavy (non-hydrogen) atoms. The Morgan fingerprint density at radius 1 is 1.30 bits per heavy atom. The van der Waals surface area contributed by atoms with E-state index in [1.807, 2.05) is 18.2 Å². The molecule has 0 unspecified atom stereocenters. The molecule has 7 nitrogen and oxygen atoms in total. The molecule has 5 N–H and O–H groups in total. The lowest BCUT2D eigenvalue weighted by molar-refractivity contribution is 0.100. The van der Waals surface area contributed by atoms with Crippen molar-refractivity contribution in [2.24, 2.45) is 5.73 Å². The molecule has 2 aromatic rings. The maximum Gasteiger partial charge on any atom is 0.252 e. The molecule has 1 saturated heterocycles. The summed E-state index contributed by atoms with van der Waals surface area (Å²) >= 11 is 0. The predicted molar refractivity (Wildman–Crippen MR) is 89.8 cm³/mol. The standard InChI is InChI=1S/C16H20N6O/c17-16(23)12-10-20-15(22-14-5-1-2-7-19-14)8-13(12)21-11-4-3-6-18-9-11/h1-2,5,7-8,10-11,18H,3-4,6,9H2,(H2,17,23)(H2,19,20,21,22)/t11-/m0/s1. The molecule has 0 radical (unpaired) electrons. The Morgan fingerprint density at radius 2 is 2.22 bits per heavy atom. The van der Waals surface area contributed by atoms with Gasteiger partial charge in [-0.15, -0.1) is 0 Å². The molecule has 1 atom stereocenters. The lowest BCUT2D eigenvalue weighted by Gasteiger charge is -2.25. The molecule has 3 rings (SSSR count). The Hall–Kier alpha value is -2.67. The van der Waals surface area contributed by atoms with Crippen molar-refractivity contribution in [3.8, 4) is 0 Å². The third kappa shape index (κ3) is 3.95. The SMILES string of the molecule is NC(=O)c1cnc(Nc2ccccn2)cc1N[C@H]1CCCNC1. The Morgan fingerprint density at radius 3 is 2.91 bits per heavy atom. The molecule has 0 aromatic carbocycles. The van der Waals surface area contributed by atoms with Crippen LogP contribution in [0.2, 0.25) is 0 Å². The molecular formula is C16H20N6O. The lowest BCUT2D eigenvalue weighted by atomic mass is 10.1. The number of nitrogens with zero attached hydrogens (tertiary/aromatic N) is 2. The average molecular weight is 312 g/mol. The summed E-state index contributed by atoms with van der Waals surface area (Å²) in [6.45, 7) is 1.90. The molecule has 0 spiro atoms. The molecular weight excluding hydrogens is 292 g/mol. The van der Waals surface area contributed by atoms with Gasteiger partial charge in [0.05, 0.1) is 11.3 Å². The fraction of sp³-hybridized carbons (Fsp3) is 0.312. The van der Waals surface area contributed by atoms with Crippen LogP contribution in [0.5, 0.6) is 0 Å². The van der Waals surface area contributed by atoms with Crippen molar-refractivity contribution in [2.45, 2.75) is 18.9 Å². The molecule has 2 aromatic heterocycles. The number of carbonyl (C=O) groups excluding carboxylic acids is 1. The van der Waals surface area contributed by atoms with E-state index in [2.05, 4.69) is 25.9 Å². The molecule has 7 heteroatoms. The van der Waals surface area contributed by atoms with Gasteiger partial charge in [-0.1, -0.05) is 6.07 Å². The van der Waals surface area contributed by atoms with Crippen LogP contribution in [0.3, 0.4) is 0 Å². The number of piperidine rings is 1. The van der Waals surface area contributed by atoms with Crippen LogP contribution in [0, 0.1) is 0 Å². The van der Waals surface area contributed by atoms with Crippen LogP contribution in [-0.2, 0) is 0 Å². The second-order valence-electron chi connectivity index (χ2n) is 5.51. The first-order valence-corrected chi connectivity index (χ1v) is 7.67. The fourth-order valence-corrected chi connectivity index (χ4v) is 2.60. The van der Waals surface area contributed by atoms with Crippen molar-refractivity contribution in [3.63, 3.8) is 0 Å². The van der Waals surface area contributed by atoms with Crippen LogP contribution >= 0.6 is 0 Å². The first-order valence-electron chi connectivity index (χ1n) is 7.67. The third-order valence-corrected chi connectivity index (χ3v) is 3.75. The molecule has 0 aliphatic carbocycles. The van der Waals surface area contributed by atoms with Crippen LogP contribution in [0.25, 0.3) is 0 Å². The van der Waals surface area contributed by atoms with E-state index >= 15 is 0 Å². The third-order valence-electron chi connectivity index (χ3n) is 3.75. The topological polar surface area (TPSA) is 105 Å². The van der Waals surface area contributed by atoms with E-state index in [-0.39, 0.29) is 6.04 Å². The lowest BCUT2D eigenvalue weighted by Crippen LogP contribution is -2.38. The summed E-state index contributed by atoms with van der Waals surface area (Å²) < 4.78 is 0. The number of pyridine rings is 2. The summed E-state index contributed by atoms with van der Waals surface area (Å²) in [5, 5.41) is 9.85. The van der Waals surface area contributed by atoms with Gasteiger partial charge in [-0.2, -0.15) is 0 Å². The number of hydrogen-bond donors (Lipinski definition) is 4. The monoisotopic (exact) mass is 312 g/mol. The number of amides is 1. The summed E-state index contributed by atoms with van der Waals surface area (Å²) in [4.78, 5) is 20.1.